The molecule has 5 saturated carbocycles. The van der Waals surface area contributed by atoms with Crippen LogP contribution in [0.5, 0.6) is 0 Å². The molecule has 5 rings (SSSR count). The maximum absolute atomic E-state index is 11.0. The zero-order valence-electron chi connectivity index (χ0n) is 21.3. The lowest BCUT2D eigenvalue weighted by atomic mass is 9.43. The highest BCUT2D eigenvalue weighted by Gasteiger charge is 2.61. The largest absolute Gasteiger partial charge is 0.390 e. The van der Waals surface area contributed by atoms with E-state index < -0.39 is 0 Å². The normalized spacial score (nSPS) is 51.2. The number of aliphatic hydroxyl groups is 1. The van der Waals surface area contributed by atoms with E-state index in [0.29, 0.717) is 10.8 Å². The van der Waals surface area contributed by atoms with Gasteiger partial charge in [0.2, 0.25) is 0 Å². The molecule has 0 aromatic rings. The Morgan fingerprint density at radius 3 is 2.32 bits per heavy atom. The lowest BCUT2D eigenvalue weighted by molar-refractivity contribution is -0.152. The van der Waals surface area contributed by atoms with Gasteiger partial charge in [-0.15, -0.1) is 0 Å². The number of hydrogen-bond acceptors (Lipinski definition) is 1. The minimum Gasteiger partial charge on any atom is -0.390 e. The van der Waals surface area contributed by atoms with E-state index >= 15 is 0 Å². The molecule has 31 heavy (non-hydrogen) atoms. The Kier molecular flexibility index (Phi) is 6.10. The van der Waals surface area contributed by atoms with Crippen LogP contribution in [0.3, 0.4) is 0 Å². The Hall–Kier alpha value is -0.0400. The van der Waals surface area contributed by atoms with Gasteiger partial charge < -0.3 is 5.11 Å². The fourth-order valence-corrected chi connectivity index (χ4v) is 10.6. The molecule has 0 aromatic carbocycles. The van der Waals surface area contributed by atoms with Crippen molar-refractivity contribution in [3.05, 3.63) is 0 Å². The van der Waals surface area contributed by atoms with Crippen molar-refractivity contribution >= 4 is 0 Å². The van der Waals surface area contributed by atoms with Crippen molar-refractivity contribution in [2.24, 2.45) is 52.3 Å². The van der Waals surface area contributed by atoms with Gasteiger partial charge in [0, 0.05) is 0 Å². The minimum absolute atomic E-state index is 0.354. The molecule has 5 fully saturated rings. The van der Waals surface area contributed by atoms with Crippen LogP contribution in [-0.2, 0) is 0 Å². The first kappa shape index (κ1) is 22.7. The molecular weight excluding hydrogens is 376 g/mol. The molecule has 0 heterocycles. The maximum atomic E-state index is 11.0. The van der Waals surface area contributed by atoms with Gasteiger partial charge in [0.25, 0.3) is 0 Å². The molecule has 1 heteroatoms. The molecule has 1 nitrogen and oxygen atoms in total. The fraction of sp³-hybridized carbons (Fsp3) is 1.00. The first-order valence-electron chi connectivity index (χ1n) is 14.5. The van der Waals surface area contributed by atoms with Crippen molar-refractivity contribution in [3.8, 4) is 0 Å². The summed E-state index contributed by atoms with van der Waals surface area (Å²) in [6.45, 7) is 10.2. The molecule has 5 aliphatic rings. The summed E-state index contributed by atoms with van der Waals surface area (Å²) < 4.78 is 0. The predicted molar refractivity (Wildman–Crippen MR) is 131 cm³/mol. The second-order valence-corrected chi connectivity index (χ2v) is 13.9. The highest BCUT2D eigenvalue weighted by Crippen LogP contribution is 2.69. The van der Waals surface area contributed by atoms with Gasteiger partial charge >= 0.3 is 0 Å². The highest BCUT2D eigenvalue weighted by molar-refractivity contribution is 5.10. The van der Waals surface area contributed by atoms with Gasteiger partial charge in [0.05, 0.1) is 5.60 Å². The molecule has 5 aliphatic carbocycles. The van der Waals surface area contributed by atoms with Crippen molar-refractivity contribution < 1.29 is 5.11 Å². The van der Waals surface area contributed by atoms with Crippen LogP contribution >= 0.6 is 0 Å². The molecule has 6 unspecified atom stereocenters. The Morgan fingerprint density at radius 1 is 0.839 bits per heavy atom. The predicted octanol–water partition coefficient (Wildman–Crippen LogP) is 8.39. The van der Waals surface area contributed by atoms with Gasteiger partial charge in [-0.2, -0.15) is 0 Å². The molecule has 0 aliphatic heterocycles. The molecule has 0 amide bonds. The van der Waals surface area contributed by atoms with Crippen molar-refractivity contribution in [2.75, 3.05) is 0 Å². The zero-order chi connectivity index (χ0) is 21.9. The van der Waals surface area contributed by atoms with Crippen molar-refractivity contribution in [1.29, 1.82) is 0 Å². The molecular formula is C30H52O. The van der Waals surface area contributed by atoms with Crippen LogP contribution in [0.2, 0.25) is 0 Å². The minimum atomic E-state index is -0.354. The van der Waals surface area contributed by atoms with Crippen LogP contribution < -0.4 is 0 Å². The van der Waals surface area contributed by atoms with Gasteiger partial charge in [-0.25, -0.2) is 0 Å². The average Bonchev–Trinajstić information content (AvgIpc) is 3.40. The third kappa shape index (κ3) is 3.76. The van der Waals surface area contributed by atoms with Crippen LogP contribution in [0.4, 0.5) is 0 Å². The van der Waals surface area contributed by atoms with Gasteiger partial charge in [-0.1, -0.05) is 66.2 Å². The Bertz CT molecular complexity index is 636. The van der Waals surface area contributed by atoms with Crippen molar-refractivity contribution in [1.82, 2.24) is 0 Å². The van der Waals surface area contributed by atoms with Crippen LogP contribution in [-0.4, -0.2) is 10.7 Å². The highest BCUT2D eigenvalue weighted by atomic mass is 16.3. The summed E-state index contributed by atoms with van der Waals surface area (Å²) >= 11 is 0. The van der Waals surface area contributed by atoms with Gasteiger partial charge in [0.15, 0.2) is 0 Å². The average molecular weight is 429 g/mol. The van der Waals surface area contributed by atoms with Crippen LogP contribution in [0.15, 0.2) is 0 Å². The van der Waals surface area contributed by atoms with E-state index in [1.165, 1.54) is 83.5 Å². The first-order valence-corrected chi connectivity index (χ1v) is 14.5. The number of fused-ring (bicyclic) bond motifs is 5. The maximum Gasteiger partial charge on any atom is 0.0648 e. The van der Waals surface area contributed by atoms with Gasteiger partial charge in [0.1, 0.15) is 0 Å². The molecule has 1 N–H and O–H groups in total. The standard InChI is InChI=1S/C30H52O/c1-5-30(31)19-18-28(3)23(20-30)12-13-24-26-15-14-25(29(26,4)17-16-27(24)28)21(2)10-11-22-8-6-7-9-22/h21-27,31H,5-20H2,1-4H3/t21-,23?,24+,25?,26?,27?,28?,29?,30+/m1/s1. The van der Waals surface area contributed by atoms with Gasteiger partial charge in [-0.3, -0.25) is 0 Å². The summed E-state index contributed by atoms with van der Waals surface area (Å²) in [5.74, 6) is 6.69. The summed E-state index contributed by atoms with van der Waals surface area (Å²) in [7, 11) is 0. The Morgan fingerprint density at radius 2 is 1.58 bits per heavy atom. The van der Waals surface area contributed by atoms with E-state index in [0.717, 1.165) is 60.7 Å². The molecule has 0 saturated heterocycles. The second-order valence-electron chi connectivity index (χ2n) is 13.9. The van der Waals surface area contributed by atoms with Crippen molar-refractivity contribution in [3.63, 3.8) is 0 Å². The quantitative estimate of drug-likeness (QED) is 0.466. The third-order valence-electron chi connectivity index (χ3n) is 12.7. The molecule has 178 valence electrons. The lowest BCUT2D eigenvalue weighted by Gasteiger charge is -2.62. The van der Waals surface area contributed by atoms with E-state index in [1.54, 1.807) is 0 Å². The Balaban J connectivity index is 1.27. The summed E-state index contributed by atoms with van der Waals surface area (Å²) in [5.41, 5.74) is 0.781. The van der Waals surface area contributed by atoms with Crippen LogP contribution in [0, 0.1) is 52.3 Å². The molecule has 0 aromatic heterocycles. The monoisotopic (exact) mass is 428 g/mol. The number of hydrogen-bond donors (Lipinski definition) is 1. The molecule has 9 atom stereocenters. The van der Waals surface area contributed by atoms with Gasteiger partial charge in [-0.05, 0) is 116 Å². The molecule has 0 radical (unpaired) electrons. The summed E-state index contributed by atoms with van der Waals surface area (Å²) in [6, 6.07) is 0. The van der Waals surface area contributed by atoms with E-state index in [2.05, 4.69) is 27.7 Å². The fourth-order valence-electron chi connectivity index (χ4n) is 10.6. The third-order valence-corrected chi connectivity index (χ3v) is 12.7. The SMILES string of the molecule is CC[C@]1(O)CCC2(C)C(CC[C@@H]3C2CCC2(C)C3CCC2[C@H](C)CCC2CCCC2)C1. The van der Waals surface area contributed by atoms with Crippen molar-refractivity contribution in [2.45, 2.75) is 136 Å². The van der Waals surface area contributed by atoms with E-state index in [9.17, 15) is 5.11 Å². The first-order chi connectivity index (χ1) is 14.8. The summed E-state index contributed by atoms with van der Waals surface area (Å²) in [5, 5.41) is 11.0. The van der Waals surface area contributed by atoms with E-state index in [4.69, 9.17) is 0 Å². The second kappa shape index (κ2) is 8.32. The number of rotatable bonds is 5. The van der Waals surface area contributed by atoms with E-state index in [1.807, 2.05) is 0 Å². The summed E-state index contributed by atoms with van der Waals surface area (Å²) in [4.78, 5) is 0. The topological polar surface area (TPSA) is 20.2 Å². The zero-order valence-corrected chi connectivity index (χ0v) is 21.3. The Labute approximate surface area is 193 Å². The molecule has 0 bridgehead atoms. The smallest absolute Gasteiger partial charge is 0.0648 e. The molecule has 0 spiro atoms. The van der Waals surface area contributed by atoms with Crippen LogP contribution in [0.1, 0.15) is 130 Å². The summed E-state index contributed by atoms with van der Waals surface area (Å²) in [6.07, 6.45) is 22.3. The lowest BCUT2D eigenvalue weighted by Crippen LogP contribution is -2.56. The van der Waals surface area contributed by atoms with Crippen LogP contribution in [0.25, 0.3) is 0 Å². The van der Waals surface area contributed by atoms with E-state index in [-0.39, 0.29) is 5.60 Å².